The second kappa shape index (κ2) is 5.07. The fraction of sp³-hybridized carbons (Fsp3) is 0.167. The summed E-state index contributed by atoms with van der Waals surface area (Å²) >= 11 is 0. The van der Waals surface area contributed by atoms with Gasteiger partial charge in [-0.05, 0) is 24.6 Å². The lowest BCUT2D eigenvalue weighted by molar-refractivity contribution is 0.555. The molecule has 5 nitrogen and oxygen atoms in total. The number of hydrogen-bond acceptors (Lipinski definition) is 5. The first-order valence-electron chi connectivity index (χ1n) is 5.41. The van der Waals surface area contributed by atoms with E-state index < -0.39 is 11.9 Å². The Morgan fingerprint density at radius 1 is 1.33 bits per heavy atom. The number of nitrogens with one attached hydrogen (secondary N) is 1. The minimum Gasteiger partial charge on any atom is -0.383 e. The standard InChI is InChI=1S/C12H14FN5/c1-7-4-9(12(14)17-5-7)11(18-15)8-2-3-16-6-10(8)13/h2-6,11,18H,15H2,1H3,(H2,14,17). The van der Waals surface area contributed by atoms with E-state index in [-0.39, 0.29) is 0 Å². The van der Waals surface area contributed by atoms with Gasteiger partial charge in [-0.2, -0.15) is 0 Å². The van der Waals surface area contributed by atoms with Crippen LogP contribution in [0.25, 0.3) is 0 Å². The van der Waals surface area contributed by atoms with Gasteiger partial charge < -0.3 is 5.73 Å². The van der Waals surface area contributed by atoms with E-state index >= 15 is 0 Å². The molecule has 2 heterocycles. The third-order valence-corrected chi connectivity index (χ3v) is 2.68. The molecule has 0 aromatic carbocycles. The maximum atomic E-state index is 13.7. The van der Waals surface area contributed by atoms with E-state index in [0.29, 0.717) is 16.9 Å². The molecule has 6 heteroatoms. The van der Waals surface area contributed by atoms with Crippen LogP contribution in [0.2, 0.25) is 0 Å². The number of hydrazine groups is 1. The van der Waals surface area contributed by atoms with Crippen LogP contribution >= 0.6 is 0 Å². The van der Waals surface area contributed by atoms with Crippen LogP contribution in [-0.4, -0.2) is 9.97 Å². The van der Waals surface area contributed by atoms with Crippen LogP contribution in [0.4, 0.5) is 10.2 Å². The van der Waals surface area contributed by atoms with Gasteiger partial charge in [0, 0.05) is 23.5 Å². The number of aryl methyl sites for hydroxylation is 1. The van der Waals surface area contributed by atoms with Crippen molar-refractivity contribution in [1.82, 2.24) is 15.4 Å². The van der Waals surface area contributed by atoms with Crippen molar-refractivity contribution in [3.63, 3.8) is 0 Å². The highest BCUT2D eigenvalue weighted by molar-refractivity contribution is 5.46. The lowest BCUT2D eigenvalue weighted by Crippen LogP contribution is -2.30. The van der Waals surface area contributed by atoms with Crippen LogP contribution in [0.1, 0.15) is 22.7 Å². The summed E-state index contributed by atoms with van der Waals surface area (Å²) < 4.78 is 13.7. The molecule has 5 N–H and O–H groups in total. The number of hydrogen-bond donors (Lipinski definition) is 3. The smallest absolute Gasteiger partial charge is 0.146 e. The fourth-order valence-electron chi connectivity index (χ4n) is 1.80. The Morgan fingerprint density at radius 2 is 2.11 bits per heavy atom. The van der Waals surface area contributed by atoms with Crippen LogP contribution in [0, 0.1) is 12.7 Å². The zero-order chi connectivity index (χ0) is 13.1. The molecule has 0 aliphatic carbocycles. The maximum absolute atomic E-state index is 13.7. The second-order valence-corrected chi connectivity index (χ2v) is 3.98. The molecule has 1 atom stereocenters. The fourth-order valence-corrected chi connectivity index (χ4v) is 1.80. The molecule has 0 bridgehead atoms. The largest absolute Gasteiger partial charge is 0.383 e. The minimum atomic E-state index is -0.555. The molecule has 0 radical (unpaired) electrons. The number of rotatable bonds is 3. The van der Waals surface area contributed by atoms with E-state index in [2.05, 4.69) is 15.4 Å². The third-order valence-electron chi connectivity index (χ3n) is 2.68. The van der Waals surface area contributed by atoms with Gasteiger partial charge in [0.1, 0.15) is 11.6 Å². The predicted octanol–water partition coefficient (Wildman–Crippen LogP) is 1.06. The predicted molar refractivity (Wildman–Crippen MR) is 66.7 cm³/mol. The van der Waals surface area contributed by atoms with Crippen LogP contribution < -0.4 is 17.0 Å². The summed E-state index contributed by atoms with van der Waals surface area (Å²) in [4.78, 5) is 7.75. The second-order valence-electron chi connectivity index (χ2n) is 3.98. The van der Waals surface area contributed by atoms with Gasteiger partial charge >= 0.3 is 0 Å². The van der Waals surface area contributed by atoms with Crippen molar-refractivity contribution in [2.75, 3.05) is 5.73 Å². The average molecular weight is 247 g/mol. The molecule has 0 aliphatic rings. The van der Waals surface area contributed by atoms with Crippen LogP contribution in [0.15, 0.2) is 30.7 Å². The van der Waals surface area contributed by atoms with E-state index in [4.69, 9.17) is 11.6 Å². The molecule has 2 aromatic heterocycles. The highest BCUT2D eigenvalue weighted by Gasteiger charge is 2.19. The van der Waals surface area contributed by atoms with Gasteiger partial charge in [0.05, 0.1) is 12.2 Å². The number of halogens is 1. The number of nitrogen functional groups attached to an aromatic ring is 1. The molecule has 0 aliphatic heterocycles. The maximum Gasteiger partial charge on any atom is 0.146 e. The van der Waals surface area contributed by atoms with Crippen molar-refractivity contribution in [1.29, 1.82) is 0 Å². The van der Waals surface area contributed by atoms with Crippen LogP contribution in [0.3, 0.4) is 0 Å². The lowest BCUT2D eigenvalue weighted by atomic mass is 9.99. The van der Waals surface area contributed by atoms with Gasteiger partial charge in [-0.15, -0.1) is 0 Å². The Kier molecular flexibility index (Phi) is 3.50. The van der Waals surface area contributed by atoms with Crippen molar-refractivity contribution in [3.8, 4) is 0 Å². The van der Waals surface area contributed by atoms with Crippen molar-refractivity contribution < 1.29 is 4.39 Å². The molecule has 18 heavy (non-hydrogen) atoms. The Morgan fingerprint density at radius 3 is 2.78 bits per heavy atom. The summed E-state index contributed by atoms with van der Waals surface area (Å²) in [6.07, 6.45) is 4.29. The van der Waals surface area contributed by atoms with Gasteiger partial charge in [0.25, 0.3) is 0 Å². The van der Waals surface area contributed by atoms with Gasteiger partial charge in [0.15, 0.2) is 0 Å². The Bertz CT molecular complexity index is 558. The molecule has 2 aromatic rings. The number of nitrogens with zero attached hydrogens (tertiary/aromatic N) is 2. The van der Waals surface area contributed by atoms with Crippen molar-refractivity contribution in [3.05, 3.63) is 53.2 Å². The molecule has 1 unspecified atom stereocenters. The average Bonchev–Trinajstić information content (AvgIpc) is 2.36. The first kappa shape index (κ1) is 12.4. The molecule has 0 amide bonds. The highest BCUT2D eigenvalue weighted by Crippen LogP contribution is 2.26. The Balaban J connectivity index is 2.52. The normalized spacial score (nSPS) is 12.4. The van der Waals surface area contributed by atoms with Crippen molar-refractivity contribution >= 4 is 5.82 Å². The van der Waals surface area contributed by atoms with Gasteiger partial charge in [-0.1, -0.05) is 0 Å². The molecule has 2 rings (SSSR count). The molecule has 0 saturated carbocycles. The SMILES string of the molecule is Cc1cnc(N)c(C(NN)c2ccncc2F)c1. The summed E-state index contributed by atoms with van der Waals surface area (Å²) in [5, 5.41) is 0. The molecule has 94 valence electrons. The number of pyridine rings is 2. The minimum absolute atomic E-state index is 0.319. The van der Waals surface area contributed by atoms with Gasteiger partial charge in [0.2, 0.25) is 0 Å². The zero-order valence-corrected chi connectivity index (χ0v) is 9.89. The Labute approximate surface area is 104 Å². The quantitative estimate of drug-likeness (QED) is 0.557. The third kappa shape index (κ3) is 2.29. The number of nitrogens with two attached hydrogens (primary N) is 2. The van der Waals surface area contributed by atoms with Gasteiger partial charge in [-0.25, -0.2) is 14.8 Å². The van der Waals surface area contributed by atoms with E-state index in [1.807, 2.05) is 13.0 Å². The van der Waals surface area contributed by atoms with Gasteiger partial charge in [-0.3, -0.25) is 10.8 Å². The highest BCUT2D eigenvalue weighted by atomic mass is 19.1. The van der Waals surface area contributed by atoms with E-state index in [0.717, 1.165) is 11.8 Å². The summed E-state index contributed by atoms with van der Waals surface area (Å²) in [5.41, 5.74) is 10.3. The number of aromatic nitrogens is 2. The molecule has 0 fully saturated rings. The van der Waals surface area contributed by atoms with Crippen molar-refractivity contribution in [2.24, 2.45) is 5.84 Å². The molecule has 0 saturated heterocycles. The lowest BCUT2D eigenvalue weighted by Gasteiger charge is -2.18. The van der Waals surface area contributed by atoms with E-state index in [1.165, 1.54) is 6.20 Å². The summed E-state index contributed by atoms with van der Waals surface area (Å²) in [6, 6.07) is 2.83. The zero-order valence-electron chi connectivity index (χ0n) is 9.89. The summed E-state index contributed by atoms with van der Waals surface area (Å²) in [7, 11) is 0. The monoisotopic (exact) mass is 247 g/mol. The van der Waals surface area contributed by atoms with E-state index in [1.54, 1.807) is 12.3 Å². The molecule has 0 spiro atoms. The Hall–Kier alpha value is -2.05. The molecular weight excluding hydrogens is 233 g/mol. The van der Waals surface area contributed by atoms with Crippen LogP contribution in [-0.2, 0) is 0 Å². The van der Waals surface area contributed by atoms with Crippen LogP contribution in [0.5, 0.6) is 0 Å². The summed E-state index contributed by atoms with van der Waals surface area (Å²) in [6.45, 7) is 1.88. The first-order valence-corrected chi connectivity index (χ1v) is 5.41. The van der Waals surface area contributed by atoms with Crippen molar-refractivity contribution in [2.45, 2.75) is 13.0 Å². The summed E-state index contributed by atoms with van der Waals surface area (Å²) in [5.74, 6) is 5.38. The topological polar surface area (TPSA) is 89.8 Å². The number of anilines is 1. The first-order chi connectivity index (χ1) is 8.63. The molecular formula is C12H14FN5. The van der Waals surface area contributed by atoms with E-state index in [9.17, 15) is 4.39 Å².